The van der Waals surface area contributed by atoms with Crippen LogP contribution in [0.1, 0.15) is 46.5 Å². The van der Waals surface area contributed by atoms with E-state index in [-0.39, 0.29) is 11.5 Å². The van der Waals surface area contributed by atoms with Crippen molar-refractivity contribution in [1.82, 2.24) is 0 Å². The largest absolute Gasteiger partial charge is 0.507 e. The van der Waals surface area contributed by atoms with E-state index in [4.69, 9.17) is 11.6 Å². The topological polar surface area (TPSA) is 37.3 Å². The van der Waals surface area contributed by atoms with E-state index in [1.807, 2.05) is 27.7 Å². The lowest BCUT2D eigenvalue weighted by atomic mass is 9.88. The van der Waals surface area contributed by atoms with Crippen molar-refractivity contribution in [2.45, 2.75) is 40.5 Å². The van der Waals surface area contributed by atoms with Gasteiger partial charge in [-0.05, 0) is 43.4 Å². The zero-order valence-electron chi connectivity index (χ0n) is 11.4. The Balaban J connectivity index is 2.73. The van der Waals surface area contributed by atoms with E-state index >= 15 is 0 Å². The van der Waals surface area contributed by atoms with Gasteiger partial charge < -0.3 is 5.11 Å². The SMILES string of the molecule is Cc1c(O)c2c(c(C)c1CCCl)C(=O)C(C)(C)C2. The summed E-state index contributed by atoms with van der Waals surface area (Å²) < 4.78 is 0. The minimum Gasteiger partial charge on any atom is -0.507 e. The van der Waals surface area contributed by atoms with E-state index in [1.54, 1.807) is 0 Å². The second kappa shape index (κ2) is 4.27. The number of phenolic OH excluding ortho intramolecular Hbond substituents is 1. The van der Waals surface area contributed by atoms with Crippen LogP contribution in [0.4, 0.5) is 0 Å². The number of rotatable bonds is 2. The standard InChI is InChI=1S/C15H19ClO2/c1-8-10(5-6-16)9(2)13(17)11-7-15(3,4)14(18)12(8)11/h17H,5-7H2,1-4H3. The Morgan fingerprint density at radius 1 is 1.28 bits per heavy atom. The van der Waals surface area contributed by atoms with Crippen molar-refractivity contribution >= 4 is 17.4 Å². The molecule has 0 aliphatic heterocycles. The summed E-state index contributed by atoms with van der Waals surface area (Å²) in [5.74, 6) is 0.924. The second-order valence-electron chi connectivity index (χ2n) is 5.76. The normalized spacial score (nSPS) is 17.1. The Labute approximate surface area is 113 Å². The number of carbonyl (C=O) groups is 1. The van der Waals surface area contributed by atoms with Crippen molar-refractivity contribution in [3.8, 4) is 5.75 Å². The summed E-state index contributed by atoms with van der Waals surface area (Å²) in [5.41, 5.74) is 4.03. The van der Waals surface area contributed by atoms with Gasteiger partial charge in [-0.15, -0.1) is 11.6 Å². The van der Waals surface area contributed by atoms with Gasteiger partial charge in [-0.3, -0.25) is 4.79 Å². The van der Waals surface area contributed by atoms with Crippen LogP contribution in [0.3, 0.4) is 0 Å². The zero-order valence-corrected chi connectivity index (χ0v) is 12.1. The van der Waals surface area contributed by atoms with Crippen LogP contribution in [0.15, 0.2) is 0 Å². The van der Waals surface area contributed by atoms with Gasteiger partial charge in [0.05, 0.1) is 0 Å². The summed E-state index contributed by atoms with van der Waals surface area (Å²) in [7, 11) is 0. The van der Waals surface area contributed by atoms with Crippen molar-refractivity contribution < 1.29 is 9.90 Å². The molecule has 98 valence electrons. The molecule has 0 spiro atoms. The average Bonchev–Trinajstić information content (AvgIpc) is 2.54. The first-order valence-electron chi connectivity index (χ1n) is 6.26. The van der Waals surface area contributed by atoms with Gasteiger partial charge in [0.2, 0.25) is 0 Å². The molecular formula is C15H19ClO2. The third kappa shape index (κ3) is 1.74. The highest BCUT2D eigenvalue weighted by molar-refractivity contribution is 6.18. The molecule has 0 bridgehead atoms. The summed E-state index contributed by atoms with van der Waals surface area (Å²) in [6, 6.07) is 0. The molecule has 0 aromatic heterocycles. The number of phenols is 1. The van der Waals surface area contributed by atoms with Crippen molar-refractivity contribution in [2.75, 3.05) is 5.88 Å². The average molecular weight is 267 g/mol. The fourth-order valence-corrected chi connectivity index (χ4v) is 3.14. The highest BCUT2D eigenvalue weighted by Gasteiger charge is 2.41. The van der Waals surface area contributed by atoms with Crippen LogP contribution < -0.4 is 0 Å². The molecule has 0 amide bonds. The van der Waals surface area contributed by atoms with Gasteiger partial charge in [0.15, 0.2) is 5.78 Å². The lowest BCUT2D eigenvalue weighted by molar-refractivity contribution is 0.0863. The van der Waals surface area contributed by atoms with Gasteiger partial charge in [-0.2, -0.15) is 0 Å². The first-order chi connectivity index (χ1) is 8.31. The quantitative estimate of drug-likeness (QED) is 0.831. The van der Waals surface area contributed by atoms with Gasteiger partial charge in [0.1, 0.15) is 5.75 Å². The molecule has 0 saturated carbocycles. The number of benzene rings is 1. The highest BCUT2D eigenvalue weighted by Crippen LogP contribution is 2.44. The maximum atomic E-state index is 12.4. The maximum Gasteiger partial charge on any atom is 0.169 e. The zero-order chi connectivity index (χ0) is 13.7. The highest BCUT2D eigenvalue weighted by atomic mass is 35.5. The van der Waals surface area contributed by atoms with E-state index in [0.717, 1.165) is 27.8 Å². The van der Waals surface area contributed by atoms with Crippen molar-refractivity contribution in [1.29, 1.82) is 0 Å². The third-order valence-electron chi connectivity index (χ3n) is 4.03. The Kier molecular flexibility index (Phi) is 3.18. The van der Waals surface area contributed by atoms with Crippen LogP contribution in [0.5, 0.6) is 5.75 Å². The third-order valence-corrected chi connectivity index (χ3v) is 4.22. The number of Topliss-reactive ketones (excluding diaryl/α,β-unsaturated/α-hetero) is 1. The molecule has 1 aromatic rings. The number of alkyl halides is 1. The predicted octanol–water partition coefficient (Wildman–Crippen LogP) is 3.56. The molecular weight excluding hydrogens is 248 g/mol. The van der Waals surface area contributed by atoms with Crippen molar-refractivity contribution in [3.63, 3.8) is 0 Å². The molecule has 2 rings (SSSR count). The Hall–Kier alpha value is -1.02. The lowest BCUT2D eigenvalue weighted by Gasteiger charge is -2.15. The number of fused-ring (bicyclic) bond motifs is 1. The van der Waals surface area contributed by atoms with Crippen LogP contribution in [-0.2, 0) is 12.8 Å². The molecule has 0 atom stereocenters. The molecule has 1 aliphatic carbocycles. The summed E-state index contributed by atoms with van der Waals surface area (Å²) in [6.45, 7) is 7.74. The van der Waals surface area contributed by atoms with E-state index in [1.165, 1.54) is 0 Å². The molecule has 1 aromatic carbocycles. The molecule has 0 saturated heterocycles. The molecule has 0 heterocycles. The van der Waals surface area contributed by atoms with Gasteiger partial charge in [0.25, 0.3) is 0 Å². The first-order valence-corrected chi connectivity index (χ1v) is 6.79. The number of hydrogen-bond acceptors (Lipinski definition) is 2. The Bertz CT molecular complexity index is 530. The number of halogens is 1. The van der Waals surface area contributed by atoms with Gasteiger partial charge in [-0.1, -0.05) is 13.8 Å². The molecule has 0 unspecified atom stereocenters. The Morgan fingerprint density at radius 3 is 2.44 bits per heavy atom. The van der Waals surface area contributed by atoms with Gasteiger partial charge in [-0.25, -0.2) is 0 Å². The molecule has 18 heavy (non-hydrogen) atoms. The summed E-state index contributed by atoms with van der Waals surface area (Å²) in [4.78, 5) is 12.4. The maximum absolute atomic E-state index is 12.4. The predicted molar refractivity (Wildman–Crippen MR) is 73.8 cm³/mol. The number of aromatic hydroxyl groups is 1. The monoisotopic (exact) mass is 266 g/mol. The van der Waals surface area contributed by atoms with Crippen LogP contribution in [-0.4, -0.2) is 16.8 Å². The lowest BCUT2D eigenvalue weighted by Crippen LogP contribution is -2.19. The van der Waals surface area contributed by atoms with Crippen LogP contribution >= 0.6 is 11.6 Å². The number of carbonyl (C=O) groups excluding carboxylic acids is 1. The van der Waals surface area contributed by atoms with Crippen LogP contribution in [0.25, 0.3) is 0 Å². The van der Waals surface area contributed by atoms with E-state index in [2.05, 4.69) is 0 Å². The van der Waals surface area contributed by atoms with E-state index in [9.17, 15) is 9.90 Å². The number of ketones is 1. The number of hydrogen-bond donors (Lipinski definition) is 1. The smallest absolute Gasteiger partial charge is 0.169 e. The molecule has 0 fully saturated rings. The molecule has 1 aliphatic rings. The fraction of sp³-hybridized carbons (Fsp3) is 0.533. The summed E-state index contributed by atoms with van der Waals surface area (Å²) in [6.07, 6.45) is 1.31. The van der Waals surface area contributed by atoms with E-state index in [0.29, 0.717) is 18.7 Å². The van der Waals surface area contributed by atoms with E-state index < -0.39 is 5.41 Å². The summed E-state index contributed by atoms with van der Waals surface area (Å²) in [5, 5.41) is 10.3. The summed E-state index contributed by atoms with van der Waals surface area (Å²) >= 11 is 5.81. The molecule has 2 nitrogen and oxygen atoms in total. The van der Waals surface area contributed by atoms with Crippen LogP contribution in [0.2, 0.25) is 0 Å². The molecule has 1 N–H and O–H groups in total. The molecule has 3 heteroatoms. The first kappa shape index (κ1) is 13.4. The fourth-order valence-electron chi connectivity index (χ4n) is 2.96. The minimum atomic E-state index is -0.406. The molecule has 0 radical (unpaired) electrons. The second-order valence-corrected chi connectivity index (χ2v) is 6.14. The van der Waals surface area contributed by atoms with Crippen molar-refractivity contribution in [2.24, 2.45) is 5.41 Å². The van der Waals surface area contributed by atoms with Gasteiger partial charge in [0, 0.05) is 22.4 Å². The minimum absolute atomic E-state index is 0.140. The van der Waals surface area contributed by atoms with Crippen molar-refractivity contribution in [3.05, 3.63) is 27.8 Å². The van der Waals surface area contributed by atoms with Crippen LogP contribution in [0, 0.1) is 19.3 Å². The van der Waals surface area contributed by atoms with Gasteiger partial charge >= 0.3 is 0 Å². The Morgan fingerprint density at radius 2 is 1.89 bits per heavy atom.